The van der Waals surface area contributed by atoms with Crippen LogP contribution in [0, 0.1) is 0 Å². The second-order valence-corrected chi connectivity index (χ2v) is 6.20. The van der Waals surface area contributed by atoms with E-state index in [-0.39, 0.29) is 10.5 Å². The number of carbonyl (C=O) groups excluding carboxylic acids is 1. The highest BCUT2D eigenvalue weighted by atomic mass is 32.2. The standard InChI is InChI=1S/C14H13NO3S/c1-19(17,18)13-9-11(14(15)16)7-8-12(13)10-5-3-2-4-6-10/h2-9H,1H3,(H2,15,16). The summed E-state index contributed by atoms with van der Waals surface area (Å²) in [4.78, 5) is 11.3. The Kier molecular flexibility index (Phi) is 3.40. The van der Waals surface area contributed by atoms with Crippen molar-refractivity contribution in [1.82, 2.24) is 0 Å². The van der Waals surface area contributed by atoms with Crippen molar-refractivity contribution >= 4 is 15.7 Å². The van der Waals surface area contributed by atoms with E-state index in [0.29, 0.717) is 5.56 Å². The summed E-state index contributed by atoms with van der Waals surface area (Å²) in [5.41, 5.74) is 6.70. The lowest BCUT2D eigenvalue weighted by atomic mass is 10.0. The summed E-state index contributed by atoms with van der Waals surface area (Å²) in [6, 6.07) is 13.6. The van der Waals surface area contributed by atoms with E-state index in [2.05, 4.69) is 0 Å². The van der Waals surface area contributed by atoms with Gasteiger partial charge >= 0.3 is 0 Å². The number of hydrogen-bond donors (Lipinski definition) is 1. The molecule has 0 radical (unpaired) electrons. The lowest BCUT2D eigenvalue weighted by Crippen LogP contribution is -2.12. The molecule has 2 N–H and O–H groups in total. The number of sulfone groups is 1. The van der Waals surface area contributed by atoms with Gasteiger partial charge in [-0.1, -0.05) is 36.4 Å². The van der Waals surface area contributed by atoms with Crippen LogP contribution in [0.3, 0.4) is 0 Å². The fourth-order valence-corrected chi connectivity index (χ4v) is 2.76. The molecule has 0 bridgehead atoms. The maximum atomic E-state index is 11.8. The van der Waals surface area contributed by atoms with Gasteiger partial charge in [0.2, 0.25) is 5.91 Å². The van der Waals surface area contributed by atoms with E-state index in [1.54, 1.807) is 6.07 Å². The van der Waals surface area contributed by atoms with Crippen LogP contribution >= 0.6 is 0 Å². The summed E-state index contributed by atoms with van der Waals surface area (Å²) in [7, 11) is -3.45. The van der Waals surface area contributed by atoms with Crippen LogP contribution in [0.15, 0.2) is 53.4 Å². The fraction of sp³-hybridized carbons (Fsp3) is 0.0714. The second-order valence-electron chi connectivity index (χ2n) is 4.21. The van der Waals surface area contributed by atoms with Crippen molar-refractivity contribution in [2.75, 3.05) is 6.26 Å². The molecule has 2 aromatic carbocycles. The molecule has 98 valence electrons. The molecule has 0 atom stereocenters. The number of benzene rings is 2. The molecule has 0 unspecified atom stereocenters. The van der Waals surface area contributed by atoms with Crippen molar-refractivity contribution < 1.29 is 13.2 Å². The van der Waals surface area contributed by atoms with Crippen LogP contribution in [-0.4, -0.2) is 20.6 Å². The third kappa shape index (κ3) is 2.82. The SMILES string of the molecule is CS(=O)(=O)c1cc(C(N)=O)ccc1-c1ccccc1. The monoisotopic (exact) mass is 275 g/mol. The maximum Gasteiger partial charge on any atom is 0.248 e. The van der Waals surface area contributed by atoms with Crippen LogP contribution in [0.4, 0.5) is 0 Å². The molecule has 0 aliphatic heterocycles. The topological polar surface area (TPSA) is 77.2 Å². The lowest BCUT2D eigenvalue weighted by Gasteiger charge is -2.09. The molecule has 0 aliphatic carbocycles. The highest BCUT2D eigenvalue weighted by molar-refractivity contribution is 7.90. The summed E-state index contributed by atoms with van der Waals surface area (Å²) in [6.45, 7) is 0. The summed E-state index contributed by atoms with van der Waals surface area (Å²) in [6.07, 6.45) is 1.11. The Bertz CT molecular complexity index is 722. The van der Waals surface area contributed by atoms with E-state index >= 15 is 0 Å². The summed E-state index contributed by atoms with van der Waals surface area (Å²) < 4.78 is 23.7. The van der Waals surface area contributed by atoms with Gasteiger partial charge in [0, 0.05) is 17.4 Å². The van der Waals surface area contributed by atoms with Crippen molar-refractivity contribution in [2.24, 2.45) is 5.73 Å². The Hall–Kier alpha value is -2.14. The average molecular weight is 275 g/mol. The van der Waals surface area contributed by atoms with Crippen molar-refractivity contribution in [3.8, 4) is 11.1 Å². The summed E-state index contributed by atoms with van der Waals surface area (Å²) >= 11 is 0. The molecule has 5 heteroatoms. The van der Waals surface area contributed by atoms with E-state index in [4.69, 9.17) is 5.73 Å². The van der Waals surface area contributed by atoms with Gasteiger partial charge in [-0.2, -0.15) is 0 Å². The number of nitrogens with two attached hydrogens (primary N) is 1. The van der Waals surface area contributed by atoms with Gasteiger partial charge in [0.15, 0.2) is 9.84 Å². The molecule has 19 heavy (non-hydrogen) atoms. The minimum absolute atomic E-state index is 0.106. The molecular weight excluding hydrogens is 262 g/mol. The smallest absolute Gasteiger partial charge is 0.248 e. The molecule has 2 aromatic rings. The number of amides is 1. The minimum Gasteiger partial charge on any atom is -0.366 e. The van der Waals surface area contributed by atoms with E-state index < -0.39 is 15.7 Å². The summed E-state index contributed by atoms with van der Waals surface area (Å²) in [5.74, 6) is -0.649. The van der Waals surface area contributed by atoms with Crippen LogP contribution in [0.1, 0.15) is 10.4 Å². The number of carbonyl (C=O) groups is 1. The Morgan fingerprint density at radius 3 is 2.21 bits per heavy atom. The van der Waals surface area contributed by atoms with Gasteiger partial charge in [0.05, 0.1) is 4.90 Å². The minimum atomic E-state index is -3.45. The zero-order valence-corrected chi connectivity index (χ0v) is 11.1. The van der Waals surface area contributed by atoms with Crippen LogP contribution in [-0.2, 0) is 9.84 Å². The van der Waals surface area contributed by atoms with Gasteiger partial charge in [0.25, 0.3) is 0 Å². The Labute approximate surface area is 111 Å². The molecule has 2 rings (SSSR count). The van der Waals surface area contributed by atoms with Crippen molar-refractivity contribution in [2.45, 2.75) is 4.90 Å². The van der Waals surface area contributed by atoms with Gasteiger partial charge in [-0.05, 0) is 17.7 Å². The van der Waals surface area contributed by atoms with Gasteiger partial charge < -0.3 is 5.73 Å². The molecule has 0 aromatic heterocycles. The van der Waals surface area contributed by atoms with E-state index in [9.17, 15) is 13.2 Å². The van der Waals surface area contributed by atoms with Crippen molar-refractivity contribution in [1.29, 1.82) is 0 Å². The predicted octanol–water partition coefficient (Wildman–Crippen LogP) is 1.86. The third-order valence-corrected chi connectivity index (χ3v) is 3.89. The first-order valence-corrected chi connectivity index (χ1v) is 7.48. The van der Waals surface area contributed by atoms with Gasteiger partial charge in [0.1, 0.15) is 0 Å². The molecule has 0 saturated heterocycles. The van der Waals surface area contributed by atoms with Gasteiger partial charge in [-0.15, -0.1) is 0 Å². The molecular formula is C14H13NO3S. The lowest BCUT2D eigenvalue weighted by molar-refractivity contribution is 0.1000. The zero-order chi connectivity index (χ0) is 14.0. The highest BCUT2D eigenvalue weighted by Gasteiger charge is 2.16. The molecule has 1 amide bonds. The van der Waals surface area contributed by atoms with Crippen molar-refractivity contribution in [3.63, 3.8) is 0 Å². The van der Waals surface area contributed by atoms with E-state index in [0.717, 1.165) is 11.8 Å². The van der Waals surface area contributed by atoms with E-state index in [1.165, 1.54) is 12.1 Å². The number of primary amides is 1. The fourth-order valence-electron chi connectivity index (χ4n) is 1.84. The second kappa shape index (κ2) is 4.85. The average Bonchev–Trinajstić information content (AvgIpc) is 2.38. The zero-order valence-electron chi connectivity index (χ0n) is 10.3. The number of hydrogen-bond acceptors (Lipinski definition) is 3. The maximum absolute atomic E-state index is 11.8. The predicted molar refractivity (Wildman–Crippen MR) is 73.5 cm³/mol. The van der Waals surface area contributed by atoms with Crippen LogP contribution < -0.4 is 5.73 Å². The molecule has 0 heterocycles. The first kappa shape index (κ1) is 13.3. The summed E-state index contributed by atoms with van der Waals surface area (Å²) in [5, 5.41) is 0. The van der Waals surface area contributed by atoms with Crippen LogP contribution in [0.2, 0.25) is 0 Å². The molecule has 0 aliphatic rings. The molecule has 0 fully saturated rings. The van der Waals surface area contributed by atoms with Crippen molar-refractivity contribution in [3.05, 3.63) is 54.1 Å². The normalized spacial score (nSPS) is 11.2. The molecule has 0 saturated carbocycles. The Morgan fingerprint density at radius 1 is 1.05 bits per heavy atom. The molecule has 0 spiro atoms. The van der Waals surface area contributed by atoms with Gasteiger partial charge in [-0.25, -0.2) is 8.42 Å². The Morgan fingerprint density at radius 2 is 1.68 bits per heavy atom. The third-order valence-electron chi connectivity index (χ3n) is 2.75. The first-order valence-electron chi connectivity index (χ1n) is 5.59. The quantitative estimate of drug-likeness (QED) is 0.928. The molecule has 4 nitrogen and oxygen atoms in total. The Balaban J connectivity index is 2.72. The number of rotatable bonds is 3. The van der Waals surface area contributed by atoms with E-state index in [1.807, 2.05) is 30.3 Å². The largest absolute Gasteiger partial charge is 0.366 e. The van der Waals surface area contributed by atoms with Crippen LogP contribution in [0.25, 0.3) is 11.1 Å². The van der Waals surface area contributed by atoms with Crippen LogP contribution in [0.5, 0.6) is 0 Å². The highest BCUT2D eigenvalue weighted by Crippen LogP contribution is 2.28. The first-order chi connectivity index (χ1) is 8.89. The van der Waals surface area contributed by atoms with Gasteiger partial charge in [-0.3, -0.25) is 4.79 Å².